The number of hydrogen-bond donors (Lipinski definition) is 3. The van der Waals surface area contributed by atoms with Gasteiger partial charge in [0.25, 0.3) is 0 Å². The molecule has 4 heterocycles. The van der Waals surface area contributed by atoms with E-state index in [1.165, 1.54) is 5.56 Å². The van der Waals surface area contributed by atoms with E-state index in [4.69, 9.17) is 9.97 Å². The molecule has 0 saturated carbocycles. The number of aryl methyl sites for hydroxylation is 1. The minimum absolute atomic E-state index is 0.489. The Kier molecular flexibility index (Phi) is 5.33. The smallest absolute Gasteiger partial charge is 0.143 e. The van der Waals surface area contributed by atoms with Crippen molar-refractivity contribution in [1.29, 1.82) is 0 Å². The van der Waals surface area contributed by atoms with Crippen molar-refractivity contribution in [2.75, 3.05) is 12.0 Å². The van der Waals surface area contributed by atoms with Crippen LogP contribution in [0, 0.1) is 6.92 Å². The molecule has 1 aromatic carbocycles. The lowest BCUT2D eigenvalue weighted by molar-refractivity contribution is 0.454. The normalized spacial score (nSPS) is 15.1. The number of amidine groups is 1. The molecule has 2 aromatic heterocycles. The van der Waals surface area contributed by atoms with Crippen LogP contribution in [0.4, 0.5) is 5.69 Å². The van der Waals surface area contributed by atoms with Crippen LogP contribution in [0.1, 0.15) is 42.5 Å². The maximum absolute atomic E-state index is 4.95. The molecule has 32 heavy (non-hydrogen) atoms. The zero-order valence-corrected chi connectivity index (χ0v) is 18.6. The third-order valence-electron chi connectivity index (χ3n) is 5.59. The molecule has 2 aliphatic rings. The quantitative estimate of drug-likeness (QED) is 0.538. The molecule has 0 bridgehead atoms. The minimum atomic E-state index is 0.489. The summed E-state index contributed by atoms with van der Waals surface area (Å²) in [6.45, 7) is 7.58. The van der Waals surface area contributed by atoms with Crippen LogP contribution >= 0.6 is 0 Å². The Bertz CT molecular complexity index is 1230. The van der Waals surface area contributed by atoms with Gasteiger partial charge in [0.2, 0.25) is 0 Å². The average molecular weight is 426 g/mol. The lowest BCUT2D eigenvalue weighted by atomic mass is 10.0. The summed E-state index contributed by atoms with van der Waals surface area (Å²) in [6.07, 6.45) is 6.10. The van der Waals surface area contributed by atoms with Gasteiger partial charge in [-0.15, -0.1) is 0 Å². The number of aromatic nitrogens is 3. The number of nitrogens with one attached hydrogen (secondary N) is 3. The molecular formula is C25H27N7. The molecule has 0 radical (unpaired) electrons. The van der Waals surface area contributed by atoms with Gasteiger partial charge < -0.3 is 10.3 Å². The van der Waals surface area contributed by atoms with Gasteiger partial charge in [-0.1, -0.05) is 32.0 Å². The van der Waals surface area contributed by atoms with E-state index in [0.717, 1.165) is 45.7 Å². The minimum Gasteiger partial charge on any atom is -0.378 e. The first-order chi connectivity index (χ1) is 15.6. The van der Waals surface area contributed by atoms with Crippen molar-refractivity contribution in [3.05, 3.63) is 83.6 Å². The van der Waals surface area contributed by atoms with Gasteiger partial charge in [-0.25, -0.2) is 15.4 Å². The maximum Gasteiger partial charge on any atom is 0.143 e. The van der Waals surface area contributed by atoms with E-state index in [-0.39, 0.29) is 0 Å². The standard InChI is InChI=1S/C25H27N7/c1-16(2)18-7-5-8-20(12-18)26-13-22-30-24(19-10-11-23-27-15-28-32(23)14-19)25(31-22)21-9-4-6-17(3)29-21/h4-12,14,16,26,28H,13,15H2,1-3H3,(H,30,31). The summed E-state index contributed by atoms with van der Waals surface area (Å²) in [5, 5.41) is 5.44. The molecular weight excluding hydrogens is 398 g/mol. The monoisotopic (exact) mass is 425 g/mol. The van der Waals surface area contributed by atoms with Crippen molar-refractivity contribution in [2.24, 2.45) is 4.99 Å². The van der Waals surface area contributed by atoms with Gasteiger partial charge in [-0.2, -0.15) is 0 Å². The van der Waals surface area contributed by atoms with E-state index in [2.05, 4.69) is 64.9 Å². The number of H-pyrrole nitrogens is 1. The Morgan fingerprint density at radius 1 is 1.09 bits per heavy atom. The third kappa shape index (κ3) is 4.07. The lowest BCUT2D eigenvalue weighted by Gasteiger charge is -2.18. The number of fused-ring (bicyclic) bond motifs is 1. The molecule has 162 valence electrons. The highest BCUT2D eigenvalue weighted by Crippen LogP contribution is 2.29. The second-order valence-electron chi connectivity index (χ2n) is 8.33. The molecule has 7 nitrogen and oxygen atoms in total. The van der Waals surface area contributed by atoms with E-state index in [1.54, 1.807) is 0 Å². The fraction of sp³-hybridized carbons (Fsp3) is 0.240. The SMILES string of the molecule is Cc1cccc(-c2[nH]c(CNc3cccc(C(C)C)c3)nc2C2=CN3NCN=C3C=C2)n1. The van der Waals surface area contributed by atoms with Gasteiger partial charge in [0.1, 0.15) is 18.3 Å². The second-order valence-corrected chi connectivity index (χ2v) is 8.33. The van der Waals surface area contributed by atoms with Gasteiger partial charge in [0, 0.05) is 23.2 Å². The van der Waals surface area contributed by atoms with Gasteiger partial charge in [-0.3, -0.25) is 9.99 Å². The van der Waals surface area contributed by atoms with Crippen molar-refractivity contribution < 1.29 is 0 Å². The Balaban J connectivity index is 1.47. The molecule has 0 spiro atoms. The number of benzene rings is 1. The van der Waals surface area contributed by atoms with E-state index >= 15 is 0 Å². The van der Waals surface area contributed by atoms with E-state index in [0.29, 0.717) is 19.1 Å². The van der Waals surface area contributed by atoms with Crippen LogP contribution in [0.25, 0.3) is 17.0 Å². The van der Waals surface area contributed by atoms with Crippen LogP contribution in [0.2, 0.25) is 0 Å². The van der Waals surface area contributed by atoms with Crippen molar-refractivity contribution in [2.45, 2.75) is 33.2 Å². The number of rotatable bonds is 6. The average Bonchev–Trinajstić information content (AvgIpc) is 3.44. The summed E-state index contributed by atoms with van der Waals surface area (Å²) < 4.78 is 0. The highest BCUT2D eigenvalue weighted by atomic mass is 15.6. The first kappa shape index (κ1) is 20.2. The van der Waals surface area contributed by atoms with E-state index in [9.17, 15) is 0 Å². The Hall–Kier alpha value is -3.71. The number of hydrogen-bond acceptors (Lipinski definition) is 6. The highest BCUT2D eigenvalue weighted by Gasteiger charge is 2.22. The Labute approximate surface area is 188 Å². The van der Waals surface area contributed by atoms with Crippen LogP contribution in [0.3, 0.4) is 0 Å². The number of imidazole rings is 1. The molecule has 0 atom stereocenters. The number of aromatic amines is 1. The summed E-state index contributed by atoms with van der Waals surface area (Å²) in [7, 11) is 0. The summed E-state index contributed by atoms with van der Waals surface area (Å²) in [5.74, 6) is 2.26. The predicted molar refractivity (Wildman–Crippen MR) is 129 cm³/mol. The summed E-state index contributed by atoms with van der Waals surface area (Å²) >= 11 is 0. The van der Waals surface area contributed by atoms with Gasteiger partial charge in [0.05, 0.1) is 23.6 Å². The molecule has 0 unspecified atom stereocenters. The van der Waals surface area contributed by atoms with Crippen molar-refractivity contribution >= 4 is 17.1 Å². The molecule has 0 saturated heterocycles. The Morgan fingerprint density at radius 3 is 2.81 bits per heavy atom. The zero-order chi connectivity index (χ0) is 22.1. The number of aliphatic imine (C=N–C) groups is 1. The predicted octanol–water partition coefficient (Wildman–Crippen LogP) is 4.60. The van der Waals surface area contributed by atoms with Crippen molar-refractivity contribution in [3.8, 4) is 11.4 Å². The molecule has 0 fully saturated rings. The van der Waals surface area contributed by atoms with Gasteiger partial charge in [0.15, 0.2) is 0 Å². The molecule has 0 aliphatic carbocycles. The van der Waals surface area contributed by atoms with Crippen LogP contribution in [0.15, 0.2) is 65.8 Å². The van der Waals surface area contributed by atoms with E-state index in [1.807, 2.05) is 42.4 Å². The number of anilines is 1. The molecule has 7 heteroatoms. The summed E-state index contributed by atoms with van der Waals surface area (Å²) in [4.78, 5) is 17.6. The maximum atomic E-state index is 4.95. The first-order valence-electron chi connectivity index (χ1n) is 10.9. The van der Waals surface area contributed by atoms with Crippen LogP contribution < -0.4 is 10.7 Å². The third-order valence-corrected chi connectivity index (χ3v) is 5.59. The van der Waals surface area contributed by atoms with Crippen molar-refractivity contribution in [1.82, 2.24) is 25.4 Å². The fourth-order valence-electron chi connectivity index (χ4n) is 3.86. The lowest BCUT2D eigenvalue weighted by Crippen LogP contribution is -2.32. The van der Waals surface area contributed by atoms with Gasteiger partial charge in [-0.05, 0) is 54.8 Å². The first-order valence-corrected chi connectivity index (χ1v) is 10.9. The molecule has 3 aromatic rings. The number of hydrazine groups is 1. The molecule has 3 N–H and O–H groups in total. The Morgan fingerprint density at radius 2 is 1.97 bits per heavy atom. The molecule has 0 amide bonds. The molecule has 2 aliphatic heterocycles. The number of pyridine rings is 1. The van der Waals surface area contributed by atoms with Crippen LogP contribution in [0.5, 0.6) is 0 Å². The van der Waals surface area contributed by atoms with Gasteiger partial charge >= 0.3 is 0 Å². The topological polar surface area (TPSA) is 81.2 Å². The molecule has 5 rings (SSSR count). The fourth-order valence-corrected chi connectivity index (χ4v) is 3.86. The summed E-state index contributed by atoms with van der Waals surface area (Å²) in [5.41, 5.74) is 10.3. The van der Waals surface area contributed by atoms with Crippen LogP contribution in [-0.2, 0) is 6.54 Å². The van der Waals surface area contributed by atoms with Crippen molar-refractivity contribution in [3.63, 3.8) is 0 Å². The highest BCUT2D eigenvalue weighted by molar-refractivity contribution is 6.00. The van der Waals surface area contributed by atoms with Crippen LogP contribution in [-0.4, -0.2) is 32.5 Å². The van der Waals surface area contributed by atoms with E-state index < -0.39 is 0 Å². The second kappa shape index (κ2) is 8.43. The summed E-state index contributed by atoms with van der Waals surface area (Å²) in [6, 6.07) is 14.6. The largest absolute Gasteiger partial charge is 0.378 e. The zero-order valence-electron chi connectivity index (χ0n) is 18.6. The number of nitrogens with zero attached hydrogens (tertiary/aromatic N) is 4. The number of allylic oxidation sites excluding steroid dienone is 2.